The molecule has 3 aromatic rings. The summed E-state index contributed by atoms with van der Waals surface area (Å²) >= 11 is 0. The van der Waals surface area contributed by atoms with Crippen LogP contribution in [0.5, 0.6) is 0 Å². The van der Waals surface area contributed by atoms with E-state index < -0.39 is 11.9 Å². The van der Waals surface area contributed by atoms with Crippen LogP contribution in [-0.4, -0.2) is 29.4 Å². The predicted molar refractivity (Wildman–Crippen MR) is 109 cm³/mol. The molecular formula is C22H19N3O4. The summed E-state index contributed by atoms with van der Waals surface area (Å²) in [6.07, 6.45) is 1.40. The number of pyridine rings is 1. The largest absolute Gasteiger partial charge is 0.462 e. The first-order chi connectivity index (χ1) is 14.1. The maximum Gasteiger partial charge on any atom is 0.338 e. The SMILES string of the molecule is CCOC(=O)c1ccc(NC(=O)c2cc(C(=O)Nc3ccccc3)ccn2)cc1. The maximum atomic E-state index is 12.5. The van der Waals surface area contributed by atoms with Crippen molar-refractivity contribution in [1.29, 1.82) is 0 Å². The first kappa shape index (κ1) is 19.8. The third-order valence-electron chi connectivity index (χ3n) is 3.94. The number of benzene rings is 2. The van der Waals surface area contributed by atoms with Gasteiger partial charge in [0.15, 0.2) is 0 Å². The standard InChI is InChI=1S/C22H19N3O4/c1-2-29-22(28)15-8-10-18(11-9-15)25-21(27)19-14-16(12-13-23-19)20(26)24-17-6-4-3-5-7-17/h3-14H,2H2,1H3,(H,24,26)(H,25,27). The van der Waals surface area contributed by atoms with Crippen molar-refractivity contribution in [3.63, 3.8) is 0 Å². The third-order valence-corrected chi connectivity index (χ3v) is 3.94. The van der Waals surface area contributed by atoms with Gasteiger partial charge in [0.05, 0.1) is 12.2 Å². The van der Waals surface area contributed by atoms with Crippen LogP contribution >= 0.6 is 0 Å². The third kappa shape index (κ3) is 5.26. The molecule has 1 aromatic heterocycles. The van der Waals surface area contributed by atoms with Gasteiger partial charge in [-0.2, -0.15) is 0 Å². The van der Waals surface area contributed by atoms with Gasteiger partial charge in [-0.1, -0.05) is 18.2 Å². The Morgan fingerprint density at radius 1 is 0.828 bits per heavy atom. The number of para-hydroxylation sites is 1. The van der Waals surface area contributed by atoms with E-state index in [4.69, 9.17) is 4.74 Å². The fourth-order valence-electron chi connectivity index (χ4n) is 2.52. The van der Waals surface area contributed by atoms with Crippen LogP contribution in [0.2, 0.25) is 0 Å². The summed E-state index contributed by atoms with van der Waals surface area (Å²) in [6, 6.07) is 18.3. The number of aromatic nitrogens is 1. The van der Waals surface area contributed by atoms with Gasteiger partial charge in [-0.3, -0.25) is 14.6 Å². The van der Waals surface area contributed by atoms with Gasteiger partial charge in [0.1, 0.15) is 5.69 Å². The molecule has 2 N–H and O–H groups in total. The molecular weight excluding hydrogens is 370 g/mol. The molecule has 7 nitrogen and oxygen atoms in total. The Kier molecular flexibility index (Phi) is 6.32. The maximum absolute atomic E-state index is 12.5. The Morgan fingerprint density at radius 3 is 2.17 bits per heavy atom. The number of anilines is 2. The molecule has 0 bridgehead atoms. The lowest BCUT2D eigenvalue weighted by Crippen LogP contribution is -2.17. The minimum Gasteiger partial charge on any atom is -0.462 e. The first-order valence-corrected chi connectivity index (χ1v) is 8.98. The van der Waals surface area contributed by atoms with Crippen LogP contribution in [0.3, 0.4) is 0 Å². The minimum absolute atomic E-state index is 0.0974. The van der Waals surface area contributed by atoms with Gasteiger partial charge >= 0.3 is 5.97 Å². The van der Waals surface area contributed by atoms with E-state index >= 15 is 0 Å². The lowest BCUT2D eigenvalue weighted by Gasteiger charge is -2.08. The summed E-state index contributed by atoms with van der Waals surface area (Å²) < 4.78 is 4.92. The van der Waals surface area contributed by atoms with E-state index in [0.717, 1.165) is 0 Å². The van der Waals surface area contributed by atoms with Gasteiger partial charge in [-0.15, -0.1) is 0 Å². The van der Waals surface area contributed by atoms with Crippen molar-refractivity contribution >= 4 is 29.2 Å². The van der Waals surface area contributed by atoms with Crippen LogP contribution < -0.4 is 10.6 Å². The van der Waals surface area contributed by atoms with Crippen LogP contribution in [0.25, 0.3) is 0 Å². The zero-order valence-corrected chi connectivity index (χ0v) is 15.7. The van der Waals surface area contributed by atoms with Crippen molar-refractivity contribution < 1.29 is 19.1 Å². The first-order valence-electron chi connectivity index (χ1n) is 8.98. The number of ether oxygens (including phenoxy) is 1. The normalized spacial score (nSPS) is 10.1. The summed E-state index contributed by atoms with van der Waals surface area (Å²) in [6.45, 7) is 2.02. The fourth-order valence-corrected chi connectivity index (χ4v) is 2.52. The summed E-state index contributed by atoms with van der Waals surface area (Å²) in [5, 5.41) is 5.45. The van der Waals surface area contributed by atoms with E-state index in [2.05, 4.69) is 15.6 Å². The quantitative estimate of drug-likeness (QED) is 0.626. The van der Waals surface area contributed by atoms with Crippen molar-refractivity contribution in [1.82, 2.24) is 4.98 Å². The van der Waals surface area contributed by atoms with Crippen LogP contribution in [0.4, 0.5) is 11.4 Å². The molecule has 0 aliphatic carbocycles. The van der Waals surface area contributed by atoms with Crippen molar-refractivity contribution in [2.45, 2.75) is 6.92 Å². The molecule has 1 heterocycles. The van der Waals surface area contributed by atoms with Crippen LogP contribution in [-0.2, 0) is 4.74 Å². The Bertz CT molecular complexity index is 1020. The second-order valence-electron chi connectivity index (χ2n) is 6.00. The number of hydrogen-bond donors (Lipinski definition) is 2. The average Bonchev–Trinajstić information content (AvgIpc) is 2.75. The molecule has 0 saturated carbocycles. The van der Waals surface area contributed by atoms with Crippen LogP contribution in [0.15, 0.2) is 72.9 Å². The fraction of sp³-hybridized carbons (Fsp3) is 0.0909. The van der Waals surface area contributed by atoms with E-state index in [1.165, 1.54) is 18.3 Å². The Hall–Kier alpha value is -4.00. The van der Waals surface area contributed by atoms with Gasteiger partial charge in [-0.05, 0) is 55.5 Å². The molecule has 0 saturated heterocycles. The molecule has 0 unspecified atom stereocenters. The number of amides is 2. The number of nitrogens with zero attached hydrogens (tertiary/aromatic N) is 1. The molecule has 0 atom stereocenters. The van der Waals surface area contributed by atoms with Crippen molar-refractivity contribution in [2.75, 3.05) is 17.2 Å². The van der Waals surface area contributed by atoms with Crippen LogP contribution in [0.1, 0.15) is 38.1 Å². The second kappa shape index (κ2) is 9.27. The molecule has 0 aliphatic rings. The molecule has 2 aromatic carbocycles. The highest BCUT2D eigenvalue weighted by Crippen LogP contribution is 2.13. The van der Waals surface area contributed by atoms with E-state index in [1.807, 2.05) is 18.2 Å². The average molecular weight is 389 g/mol. The van der Waals surface area contributed by atoms with Crippen molar-refractivity contribution in [3.05, 3.63) is 89.7 Å². The van der Waals surface area contributed by atoms with Gasteiger partial charge in [-0.25, -0.2) is 4.79 Å². The van der Waals surface area contributed by atoms with Crippen molar-refractivity contribution in [3.8, 4) is 0 Å². The topological polar surface area (TPSA) is 97.4 Å². The van der Waals surface area contributed by atoms with Gasteiger partial charge < -0.3 is 15.4 Å². The highest BCUT2D eigenvalue weighted by molar-refractivity contribution is 6.07. The predicted octanol–water partition coefficient (Wildman–Crippen LogP) is 3.76. The smallest absolute Gasteiger partial charge is 0.338 e. The molecule has 3 rings (SSSR count). The summed E-state index contributed by atoms with van der Waals surface area (Å²) in [5.74, 6) is -1.24. The molecule has 0 spiro atoms. The summed E-state index contributed by atoms with van der Waals surface area (Å²) in [5.41, 5.74) is 1.94. The highest BCUT2D eigenvalue weighted by atomic mass is 16.5. The Labute approximate surface area is 167 Å². The van der Waals surface area contributed by atoms with E-state index in [0.29, 0.717) is 22.5 Å². The van der Waals surface area contributed by atoms with Gasteiger partial charge in [0.25, 0.3) is 11.8 Å². The second-order valence-corrected chi connectivity index (χ2v) is 6.00. The lowest BCUT2D eigenvalue weighted by molar-refractivity contribution is 0.0526. The zero-order valence-electron chi connectivity index (χ0n) is 15.7. The minimum atomic E-state index is -0.469. The zero-order chi connectivity index (χ0) is 20.6. The molecule has 0 fully saturated rings. The Morgan fingerprint density at radius 2 is 1.48 bits per heavy atom. The number of esters is 1. The summed E-state index contributed by atoms with van der Waals surface area (Å²) in [7, 11) is 0. The van der Waals surface area contributed by atoms with Crippen LogP contribution in [0, 0.1) is 0 Å². The molecule has 146 valence electrons. The molecule has 0 radical (unpaired) electrons. The number of carbonyl (C=O) groups excluding carboxylic acids is 3. The number of hydrogen-bond acceptors (Lipinski definition) is 5. The number of rotatable bonds is 6. The number of carbonyl (C=O) groups is 3. The van der Waals surface area contributed by atoms with E-state index in [-0.39, 0.29) is 18.2 Å². The molecule has 29 heavy (non-hydrogen) atoms. The monoisotopic (exact) mass is 389 g/mol. The van der Waals surface area contributed by atoms with Crippen molar-refractivity contribution in [2.24, 2.45) is 0 Å². The molecule has 0 aliphatic heterocycles. The Balaban J connectivity index is 1.67. The van der Waals surface area contributed by atoms with Gasteiger partial charge in [0, 0.05) is 23.1 Å². The lowest BCUT2D eigenvalue weighted by atomic mass is 10.2. The van der Waals surface area contributed by atoms with E-state index in [9.17, 15) is 14.4 Å². The van der Waals surface area contributed by atoms with Gasteiger partial charge in [0.2, 0.25) is 0 Å². The summed E-state index contributed by atoms with van der Waals surface area (Å²) in [4.78, 5) is 40.6. The molecule has 7 heteroatoms. The highest BCUT2D eigenvalue weighted by Gasteiger charge is 2.13. The van der Waals surface area contributed by atoms with E-state index in [1.54, 1.807) is 43.3 Å². The molecule has 2 amide bonds. The number of nitrogens with one attached hydrogen (secondary N) is 2.